The summed E-state index contributed by atoms with van der Waals surface area (Å²) in [6, 6.07) is 8.13. The summed E-state index contributed by atoms with van der Waals surface area (Å²) in [4.78, 5) is 21.2. The lowest BCUT2D eigenvalue weighted by Gasteiger charge is -2.27. The van der Waals surface area contributed by atoms with Crippen LogP contribution in [0, 0.1) is 6.92 Å². The Labute approximate surface area is 163 Å². The summed E-state index contributed by atoms with van der Waals surface area (Å²) in [5, 5.41) is 10.5. The summed E-state index contributed by atoms with van der Waals surface area (Å²) in [6.45, 7) is 6.20. The Morgan fingerprint density at radius 2 is 2.04 bits per heavy atom. The number of thiazole rings is 1. The molecule has 1 aromatic carbocycles. The van der Waals surface area contributed by atoms with Gasteiger partial charge in [0.05, 0.1) is 29.2 Å². The van der Waals surface area contributed by atoms with Crippen molar-refractivity contribution in [2.75, 3.05) is 0 Å². The fourth-order valence-electron chi connectivity index (χ4n) is 3.11. The molecule has 142 valence electrons. The minimum absolute atomic E-state index is 0.0213. The Balaban J connectivity index is 1.78. The standard InChI is InChI=1S/C20H25N5OS/c1-4-17(24-18(26)10-16-11-27-19(5-2)23-16)20(25-13-21-12-22-25)15-8-6-14(3)7-9-15/h6-9,11-13,17,20H,4-5,10H2,1-3H3,(H,24,26)/t17-,20-/m0/s1. The maximum Gasteiger partial charge on any atom is 0.226 e. The molecule has 27 heavy (non-hydrogen) atoms. The number of amides is 1. The molecule has 0 unspecified atom stereocenters. The lowest BCUT2D eigenvalue weighted by Crippen LogP contribution is -2.42. The molecule has 0 spiro atoms. The average Bonchev–Trinajstić information content (AvgIpc) is 3.34. The second-order valence-corrected chi connectivity index (χ2v) is 7.52. The quantitative estimate of drug-likeness (QED) is 0.648. The van der Waals surface area contributed by atoms with E-state index in [0.717, 1.165) is 29.1 Å². The van der Waals surface area contributed by atoms with Crippen molar-refractivity contribution in [1.29, 1.82) is 0 Å². The Kier molecular flexibility index (Phi) is 6.34. The van der Waals surface area contributed by atoms with E-state index in [1.165, 1.54) is 11.9 Å². The molecule has 1 N–H and O–H groups in total. The Bertz CT molecular complexity index is 857. The minimum Gasteiger partial charge on any atom is -0.351 e. The van der Waals surface area contributed by atoms with E-state index < -0.39 is 0 Å². The van der Waals surface area contributed by atoms with Gasteiger partial charge in [-0.05, 0) is 25.3 Å². The lowest BCUT2D eigenvalue weighted by atomic mass is 9.96. The Morgan fingerprint density at radius 1 is 1.26 bits per heavy atom. The molecule has 7 heteroatoms. The largest absolute Gasteiger partial charge is 0.351 e. The van der Waals surface area contributed by atoms with Gasteiger partial charge in [-0.3, -0.25) is 4.79 Å². The zero-order valence-corrected chi connectivity index (χ0v) is 16.7. The predicted molar refractivity (Wildman–Crippen MR) is 107 cm³/mol. The maximum atomic E-state index is 12.6. The van der Waals surface area contributed by atoms with Gasteiger partial charge in [-0.1, -0.05) is 43.7 Å². The third kappa shape index (κ3) is 4.80. The summed E-state index contributed by atoms with van der Waals surface area (Å²) < 4.78 is 1.82. The molecule has 2 atom stereocenters. The maximum absolute atomic E-state index is 12.6. The summed E-state index contributed by atoms with van der Waals surface area (Å²) >= 11 is 1.61. The number of hydrogen-bond acceptors (Lipinski definition) is 5. The van der Waals surface area contributed by atoms with E-state index in [-0.39, 0.29) is 18.0 Å². The van der Waals surface area contributed by atoms with Crippen LogP contribution in [0.5, 0.6) is 0 Å². The van der Waals surface area contributed by atoms with Crippen molar-refractivity contribution in [3.8, 4) is 0 Å². The zero-order chi connectivity index (χ0) is 19.2. The molecule has 1 amide bonds. The van der Waals surface area contributed by atoms with Gasteiger partial charge in [-0.25, -0.2) is 14.6 Å². The van der Waals surface area contributed by atoms with E-state index in [2.05, 4.69) is 65.4 Å². The van der Waals surface area contributed by atoms with Crippen LogP contribution >= 0.6 is 11.3 Å². The van der Waals surface area contributed by atoms with Crippen LogP contribution in [-0.4, -0.2) is 31.7 Å². The van der Waals surface area contributed by atoms with Gasteiger partial charge in [0.1, 0.15) is 12.7 Å². The van der Waals surface area contributed by atoms with Gasteiger partial charge in [0, 0.05) is 5.38 Å². The number of rotatable bonds is 8. The first-order valence-corrected chi connectivity index (χ1v) is 10.1. The highest BCUT2D eigenvalue weighted by molar-refractivity contribution is 7.09. The van der Waals surface area contributed by atoms with Crippen molar-refractivity contribution in [2.24, 2.45) is 0 Å². The normalized spacial score (nSPS) is 13.3. The number of aryl methyl sites for hydroxylation is 2. The summed E-state index contributed by atoms with van der Waals surface area (Å²) in [6.07, 6.45) is 5.20. The Morgan fingerprint density at radius 3 is 2.63 bits per heavy atom. The van der Waals surface area contributed by atoms with Crippen LogP contribution in [0.2, 0.25) is 0 Å². The van der Waals surface area contributed by atoms with E-state index in [4.69, 9.17) is 0 Å². The van der Waals surface area contributed by atoms with Crippen LogP contribution in [0.25, 0.3) is 0 Å². The molecular weight excluding hydrogens is 358 g/mol. The lowest BCUT2D eigenvalue weighted by molar-refractivity contribution is -0.121. The second kappa shape index (κ2) is 8.90. The highest BCUT2D eigenvalue weighted by atomic mass is 32.1. The number of carbonyl (C=O) groups is 1. The monoisotopic (exact) mass is 383 g/mol. The molecule has 0 saturated heterocycles. The molecule has 3 aromatic rings. The number of nitrogens with zero attached hydrogens (tertiary/aromatic N) is 4. The fraction of sp³-hybridized carbons (Fsp3) is 0.400. The molecule has 0 aliphatic rings. The summed E-state index contributed by atoms with van der Waals surface area (Å²) in [7, 11) is 0. The number of nitrogens with one attached hydrogen (secondary N) is 1. The van der Waals surface area contributed by atoms with Crippen LogP contribution in [0.3, 0.4) is 0 Å². The second-order valence-electron chi connectivity index (χ2n) is 6.58. The Hall–Kier alpha value is -2.54. The average molecular weight is 384 g/mol. The highest BCUT2D eigenvalue weighted by Gasteiger charge is 2.26. The minimum atomic E-state index is -0.108. The number of hydrogen-bond donors (Lipinski definition) is 1. The van der Waals surface area contributed by atoms with Gasteiger partial charge < -0.3 is 5.32 Å². The van der Waals surface area contributed by atoms with Crippen LogP contribution in [-0.2, 0) is 17.6 Å². The summed E-state index contributed by atoms with van der Waals surface area (Å²) in [5.41, 5.74) is 3.13. The molecule has 2 aromatic heterocycles. The van der Waals surface area contributed by atoms with E-state index >= 15 is 0 Å². The smallest absolute Gasteiger partial charge is 0.226 e. The van der Waals surface area contributed by atoms with E-state index in [1.807, 2.05) is 10.1 Å². The van der Waals surface area contributed by atoms with Gasteiger partial charge in [0.2, 0.25) is 5.91 Å². The fourth-order valence-corrected chi connectivity index (χ4v) is 3.86. The van der Waals surface area contributed by atoms with Gasteiger partial charge in [-0.15, -0.1) is 11.3 Å². The van der Waals surface area contributed by atoms with Gasteiger partial charge in [-0.2, -0.15) is 5.10 Å². The summed E-state index contributed by atoms with van der Waals surface area (Å²) in [5.74, 6) is -0.0213. The molecule has 0 aliphatic carbocycles. The van der Waals surface area contributed by atoms with E-state index in [9.17, 15) is 4.79 Å². The van der Waals surface area contributed by atoms with Gasteiger partial charge >= 0.3 is 0 Å². The number of benzene rings is 1. The van der Waals surface area contributed by atoms with Crippen molar-refractivity contribution in [3.63, 3.8) is 0 Å². The predicted octanol–water partition coefficient (Wildman–Crippen LogP) is 3.33. The van der Waals surface area contributed by atoms with Crippen molar-refractivity contribution >= 4 is 17.2 Å². The van der Waals surface area contributed by atoms with Gasteiger partial charge in [0.25, 0.3) is 0 Å². The molecule has 2 heterocycles. The first-order chi connectivity index (χ1) is 13.1. The van der Waals surface area contributed by atoms with Crippen LogP contribution in [0.15, 0.2) is 42.3 Å². The van der Waals surface area contributed by atoms with Crippen molar-refractivity contribution in [3.05, 3.63) is 64.1 Å². The molecule has 0 fully saturated rings. The number of carbonyl (C=O) groups excluding carboxylic acids is 1. The molecule has 6 nitrogen and oxygen atoms in total. The molecule has 0 saturated carbocycles. The molecule has 0 radical (unpaired) electrons. The van der Waals surface area contributed by atoms with Gasteiger partial charge in [0.15, 0.2) is 0 Å². The topological polar surface area (TPSA) is 72.7 Å². The van der Waals surface area contributed by atoms with Crippen molar-refractivity contribution < 1.29 is 4.79 Å². The number of aromatic nitrogens is 4. The van der Waals surface area contributed by atoms with Crippen molar-refractivity contribution in [2.45, 2.75) is 52.1 Å². The first-order valence-electron chi connectivity index (χ1n) is 9.24. The van der Waals surface area contributed by atoms with Crippen LogP contribution in [0.1, 0.15) is 48.1 Å². The molecule has 0 bridgehead atoms. The molecular formula is C20H25N5OS. The SMILES string of the molecule is CCc1nc(CC(=O)N[C@@H](CC)[C@H](c2ccc(C)cc2)n2cncn2)cs1. The highest BCUT2D eigenvalue weighted by Crippen LogP contribution is 2.24. The molecule has 0 aliphatic heterocycles. The zero-order valence-electron chi connectivity index (χ0n) is 15.9. The van der Waals surface area contributed by atoms with E-state index in [1.54, 1.807) is 17.7 Å². The third-order valence-corrected chi connectivity index (χ3v) is 5.59. The first kappa shape index (κ1) is 19.2. The van der Waals surface area contributed by atoms with Crippen LogP contribution in [0.4, 0.5) is 0 Å². The van der Waals surface area contributed by atoms with Crippen LogP contribution < -0.4 is 5.32 Å². The molecule has 3 rings (SSSR count). The third-order valence-electron chi connectivity index (χ3n) is 4.55. The van der Waals surface area contributed by atoms with E-state index in [0.29, 0.717) is 6.42 Å². The van der Waals surface area contributed by atoms with Crippen molar-refractivity contribution in [1.82, 2.24) is 25.1 Å².